The van der Waals surface area contributed by atoms with E-state index in [-0.39, 0.29) is 18.0 Å². The highest BCUT2D eigenvalue weighted by Gasteiger charge is 2.17. The molecule has 2 heterocycles. The summed E-state index contributed by atoms with van der Waals surface area (Å²) in [6.45, 7) is -0.148. The molecule has 150 valence electrons. The van der Waals surface area contributed by atoms with E-state index in [9.17, 15) is 9.59 Å². The zero-order valence-corrected chi connectivity index (χ0v) is 17.1. The number of thiazole rings is 1. The highest BCUT2D eigenvalue weighted by Crippen LogP contribution is 2.29. The molecule has 0 aliphatic heterocycles. The molecule has 0 atom stereocenters. The van der Waals surface area contributed by atoms with Gasteiger partial charge in [-0.1, -0.05) is 36.4 Å². The van der Waals surface area contributed by atoms with E-state index in [0.717, 1.165) is 41.3 Å². The zero-order valence-electron chi connectivity index (χ0n) is 16.3. The van der Waals surface area contributed by atoms with Crippen LogP contribution in [0.3, 0.4) is 0 Å². The number of carbonyl (C=O) groups is 1. The van der Waals surface area contributed by atoms with E-state index in [2.05, 4.69) is 15.4 Å². The first-order chi connectivity index (χ1) is 14.7. The van der Waals surface area contributed by atoms with Crippen molar-refractivity contribution in [2.75, 3.05) is 5.32 Å². The molecule has 7 heteroatoms. The first-order valence-electron chi connectivity index (χ1n) is 10.0. The van der Waals surface area contributed by atoms with Crippen molar-refractivity contribution in [3.05, 3.63) is 75.5 Å². The monoisotopic (exact) mass is 416 g/mol. The highest BCUT2D eigenvalue weighted by molar-refractivity contribution is 7.15. The molecule has 0 saturated heterocycles. The van der Waals surface area contributed by atoms with Crippen molar-refractivity contribution in [2.24, 2.45) is 0 Å². The van der Waals surface area contributed by atoms with Gasteiger partial charge in [0.25, 0.3) is 5.56 Å². The van der Waals surface area contributed by atoms with Gasteiger partial charge < -0.3 is 5.32 Å². The molecule has 2 aromatic carbocycles. The Kier molecular flexibility index (Phi) is 4.88. The summed E-state index contributed by atoms with van der Waals surface area (Å²) in [5, 5.41) is 10.1. The SMILES string of the molecule is O=C(Cn1nc(-c2ccc3ccccc3c2)ccc1=O)Nc1nc2c(s1)CCCC2. The molecule has 0 fully saturated rings. The fourth-order valence-corrected chi connectivity index (χ4v) is 4.83. The van der Waals surface area contributed by atoms with Crippen LogP contribution in [0.5, 0.6) is 0 Å². The summed E-state index contributed by atoms with van der Waals surface area (Å²) in [6.07, 6.45) is 4.31. The maximum Gasteiger partial charge on any atom is 0.267 e. The number of aryl methyl sites for hydroxylation is 2. The van der Waals surface area contributed by atoms with Gasteiger partial charge >= 0.3 is 0 Å². The fraction of sp³-hybridized carbons (Fsp3) is 0.217. The third-order valence-electron chi connectivity index (χ3n) is 5.30. The van der Waals surface area contributed by atoms with Gasteiger partial charge in [0, 0.05) is 16.5 Å². The molecule has 1 amide bonds. The van der Waals surface area contributed by atoms with Crippen LogP contribution in [0, 0.1) is 0 Å². The highest BCUT2D eigenvalue weighted by atomic mass is 32.1. The molecule has 0 unspecified atom stereocenters. The average molecular weight is 417 g/mol. The van der Waals surface area contributed by atoms with E-state index in [0.29, 0.717) is 10.8 Å². The summed E-state index contributed by atoms with van der Waals surface area (Å²) in [7, 11) is 0. The molecule has 0 radical (unpaired) electrons. The lowest BCUT2D eigenvalue weighted by Crippen LogP contribution is -2.29. The molecule has 0 spiro atoms. The summed E-state index contributed by atoms with van der Waals surface area (Å²) >= 11 is 1.53. The van der Waals surface area contributed by atoms with Crippen molar-refractivity contribution in [3.63, 3.8) is 0 Å². The lowest BCUT2D eigenvalue weighted by Gasteiger charge is -2.08. The number of fused-ring (bicyclic) bond motifs is 2. The summed E-state index contributed by atoms with van der Waals surface area (Å²) in [5.41, 5.74) is 2.33. The van der Waals surface area contributed by atoms with Crippen LogP contribution in [0.15, 0.2) is 59.4 Å². The standard InChI is InChI=1S/C23H20N4O2S/c28-21(25-23-24-19-7-3-4-8-20(19)30-23)14-27-22(29)12-11-18(26-27)17-10-9-15-5-1-2-6-16(15)13-17/h1-2,5-6,9-13H,3-4,7-8,14H2,(H,24,25,28). The van der Waals surface area contributed by atoms with Gasteiger partial charge in [-0.15, -0.1) is 11.3 Å². The van der Waals surface area contributed by atoms with E-state index in [1.807, 2.05) is 42.5 Å². The lowest BCUT2D eigenvalue weighted by molar-refractivity contribution is -0.117. The second-order valence-electron chi connectivity index (χ2n) is 7.42. The Bertz CT molecular complexity index is 1280. The minimum Gasteiger partial charge on any atom is -0.300 e. The van der Waals surface area contributed by atoms with E-state index in [4.69, 9.17) is 0 Å². The van der Waals surface area contributed by atoms with Crippen LogP contribution in [0.4, 0.5) is 5.13 Å². The zero-order chi connectivity index (χ0) is 20.5. The smallest absolute Gasteiger partial charge is 0.267 e. The maximum absolute atomic E-state index is 12.5. The van der Waals surface area contributed by atoms with Gasteiger partial charge in [0.1, 0.15) is 6.54 Å². The molecule has 0 bridgehead atoms. The Morgan fingerprint density at radius 1 is 1.03 bits per heavy atom. The first-order valence-corrected chi connectivity index (χ1v) is 10.8. The van der Waals surface area contributed by atoms with Crippen molar-refractivity contribution in [1.82, 2.24) is 14.8 Å². The summed E-state index contributed by atoms with van der Waals surface area (Å²) < 4.78 is 1.20. The summed E-state index contributed by atoms with van der Waals surface area (Å²) in [6, 6.07) is 17.2. The van der Waals surface area contributed by atoms with Crippen LogP contribution in [-0.2, 0) is 24.2 Å². The van der Waals surface area contributed by atoms with Crippen LogP contribution in [0.2, 0.25) is 0 Å². The number of anilines is 1. The first kappa shape index (κ1) is 18.7. The predicted octanol–water partition coefficient (Wildman–Crippen LogP) is 4.04. The third-order valence-corrected chi connectivity index (χ3v) is 6.37. The van der Waals surface area contributed by atoms with Gasteiger partial charge in [0.15, 0.2) is 5.13 Å². The van der Waals surface area contributed by atoms with Gasteiger partial charge in [-0.3, -0.25) is 9.59 Å². The van der Waals surface area contributed by atoms with E-state index < -0.39 is 0 Å². The number of nitrogens with one attached hydrogen (secondary N) is 1. The minimum absolute atomic E-state index is 0.148. The van der Waals surface area contributed by atoms with Gasteiger partial charge in [0.2, 0.25) is 5.91 Å². The molecule has 1 aliphatic rings. The minimum atomic E-state index is -0.312. The van der Waals surface area contributed by atoms with Crippen molar-refractivity contribution >= 4 is 33.1 Å². The van der Waals surface area contributed by atoms with Crippen molar-refractivity contribution in [1.29, 1.82) is 0 Å². The number of nitrogens with zero attached hydrogens (tertiary/aromatic N) is 3. The van der Waals surface area contributed by atoms with Crippen LogP contribution in [0.25, 0.3) is 22.0 Å². The average Bonchev–Trinajstić information content (AvgIpc) is 3.17. The van der Waals surface area contributed by atoms with E-state index >= 15 is 0 Å². The van der Waals surface area contributed by atoms with Crippen molar-refractivity contribution < 1.29 is 4.79 Å². The Morgan fingerprint density at radius 3 is 2.73 bits per heavy atom. The van der Waals surface area contributed by atoms with E-state index in [1.54, 1.807) is 6.07 Å². The van der Waals surface area contributed by atoms with Crippen molar-refractivity contribution in [3.8, 4) is 11.3 Å². The van der Waals surface area contributed by atoms with Gasteiger partial charge in [0.05, 0.1) is 11.4 Å². The maximum atomic E-state index is 12.5. The predicted molar refractivity (Wildman–Crippen MR) is 119 cm³/mol. The molecule has 30 heavy (non-hydrogen) atoms. The second kappa shape index (κ2) is 7.84. The number of benzene rings is 2. The molecule has 2 aromatic heterocycles. The quantitative estimate of drug-likeness (QED) is 0.545. The molecular formula is C23H20N4O2S. The number of hydrogen-bond acceptors (Lipinski definition) is 5. The summed E-state index contributed by atoms with van der Waals surface area (Å²) in [5.74, 6) is -0.300. The molecule has 4 aromatic rings. The van der Waals surface area contributed by atoms with Crippen LogP contribution >= 0.6 is 11.3 Å². The second-order valence-corrected chi connectivity index (χ2v) is 8.50. The van der Waals surface area contributed by atoms with Gasteiger partial charge in [-0.25, -0.2) is 9.67 Å². The van der Waals surface area contributed by atoms with Crippen molar-refractivity contribution in [2.45, 2.75) is 32.2 Å². The largest absolute Gasteiger partial charge is 0.300 e. The third kappa shape index (κ3) is 3.76. The molecule has 0 saturated carbocycles. The Balaban J connectivity index is 1.37. The molecule has 1 N–H and O–H groups in total. The molecule has 5 rings (SSSR count). The van der Waals surface area contributed by atoms with Gasteiger partial charge in [-0.05, 0) is 48.6 Å². The number of rotatable bonds is 4. The molecule has 1 aliphatic carbocycles. The van der Waals surface area contributed by atoms with Crippen LogP contribution in [0.1, 0.15) is 23.4 Å². The molecular weight excluding hydrogens is 396 g/mol. The normalized spacial score (nSPS) is 13.2. The number of aromatic nitrogens is 3. The van der Waals surface area contributed by atoms with Gasteiger partial charge in [-0.2, -0.15) is 5.10 Å². The molecule has 6 nitrogen and oxygen atoms in total. The number of hydrogen-bond donors (Lipinski definition) is 1. The topological polar surface area (TPSA) is 76.9 Å². The number of amides is 1. The Hall–Kier alpha value is -3.32. The fourth-order valence-electron chi connectivity index (χ4n) is 3.77. The van der Waals surface area contributed by atoms with Crippen LogP contribution in [-0.4, -0.2) is 20.7 Å². The number of carbonyl (C=O) groups excluding carboxylic acids is 1. The lowest BCUT2D eigenvalue weighted by atomic mass is 10.0. The Labute approximate surface area is 177 Å². The summed E-state index contributed by atoms with van der Waals surface area (Å²) in [4.78, 5) is 30.6. The Morgan fingerprint density at radius 2 is 1.87 bits per heavy atom. The van der Waals surface area contributed by atoms with E-state index in [1.165, 1.54) is 33.4 Å². The van der Waals surface area contributed by atoms with Crippen LogP contribution < -0.4 is 10.9 Å².